The van der Waals surface area contributed by atoms with Gasteiger partial charge in [-0.25, -0.2) is 0 Å². The summed E-state index contributed by atoms with van der Waals surface area (Å²) in [5, 5.41) is 0.781. The van der Waals surface area contributed by atoms with Crippen molar-refractivity contribution in [1.82, 2.24) is 9.80 Å². The molecule has 0 bridgehead atoms. The standard InChI is InChI=1S/C21H28ClN3O2/c22-18-3-1-15(2-4-18)13-24-10-5-17(14-24)16-6-11-25(12-7-16)20(27)21(8-9-21)19(23)26/h1-4,16-17H,5-14H2,(H2,23,26). The first-order chi connectivity index (χ1) is 13.0. The first kappa shape index (κ1) is 18.8. The van der Waals surface area contributed by atoms with Crippen LogP contribution in [0.4, 0.5) is 0 Å². The average molecular weight is 390 g/mol. The smallest absolute Gasteiger partial charge is 0.238 e. The summed E-state index contributed by atoms with van der Waals surface area (Å²) >= 11 is 5.97. The van der Waals surface area contributed by atoms with Gasteiger partial charge < -0.3 is 10.6 Å². The second-order valence-corrected chi connectivity index (χ2v) is 8.92. The molecule has 0 radical (unpaired) electrons. The number of nitrogens with two attached hydrogens (primary N) is 1. The molecule has 1 saturated carbocycles. The van der Waals surface area contributed by atoms with Crippen molar-refractivity contribution >= 4 is 23.4 Å². The van der Waals surface area contributed by atoms with E-state index in [2.05, 4.69) is 17.0 Å². The Morgan fingerprint density at radius 2 is 1.67 bits per heavy atom. The largest absolute Gasteiger partial charge is 0.369 e. The highest BCUT2D eigenvalue weighted by atomic mass is 35.5. The van der Waals surface area contributed by atoms with E-state index in [-0.39, 0.29) is 5.91 Å². The van der Waals surface area contributed by atoms with Crippen LogP contribution in [0.25, 0.3) is 0 Å². The summed E-state index contributed by atoms with van der Waals surface area (Å²) in [5.74, 6) is 0.918. The van der Waals surface area contributed by atoms with Crippen molar-refractivity contribution in [3.05, 3.63) is 34.9 Å². The maximum absolute atomic E-state index is 12.6. The Hall–Kier alpha value is -1.59. The van der Waals surface area contributed by atoms with Crippen LogP contribution in [0, 0.1) is 17.3 Å². The van der Waals surface area contributed by atoms with E-state index in [1.54, 1.807) is 0 Å². The van der Waals surface area contributed by atoms with Crippen LogP contribution in [0.3, 0.4) is 0 Å². The van der Waals surface area contributed by atoms with Gasteiger partial charge in [0.2, 0.25) is 11.8 Å². The predicted molar refractivity (Wildman–Crippen MR) is 105 cm³/mol. The van der Waals surface area contributed by atoms with Crippen LogP contribution in [-0.4, -0.2) is 47.8 Å². The molecule has 1 atom stereocenters. The van der Waals surface area contributed by atoms with E-state index in [9.17, 15) is 9.59 Å². The molecule has 3 fully saturated rings. The Morgan fingerprint density at radius 3 is 2.26 bits per heavy atom. The van der Waals surface area contributed by atoms with E-state index < -0.39 is 11.3 Å². The summed E-state index contributed by atoms with van der Waals surface area (Å²) in [6, 6.07) is 8.12. The zero-order chi connectivity index (χ0) is 19.0. The van der Waals surface area contributed by atoms with Crippen molar-refractivity contribution in [2.75, 3.05) is 26.2 Å². The number of primary amides is 1. The molecule has 4 rings (SSSR count). The van der Waals surface area contributed by atoms with Gasteiger partial charge in [0, 0.05) is 31.2 Å². The van der Waals surface area contributed by atoms with Gasteiger partial charge in [-0.05, 0) is 68.2 Å². The number of hydrogen-bond acceptors (Lipinski definition) is 3. The van der Waals surface area contributed by atoms with Crippen LogP contribution >= 0.6 is 11.6 Å². The van der Waals surface area contributed by atoms with Gasteiger partial charge in [0.25, 0.3) is 0 Å². The van der Waals surface area contributed by atoms with E-state index in [0.717, 1.165) is 50.6 Å². The number of likely N-dealkylation sites (tertiary alicyclic amines) is 2. The molecule has 5 nitrogen and oxygen atoms in total. The summed E-state index contributed by atoms with van der Waals surface area (Å²) in [6.07, 6.45) is 4.57. The topological polar surface area (TPSA) is 66.6 Å². The van der Waals surface area contributed by atoms with E-state index in [4.69, 9.17) is 17.3 Å². The first-order valence-corrected chi connectivity index (χ1v) is 10.4. The molecule has 1 unspecified atom stereocenters. The monoisotopic (exact) mass is 389 g/mol. The molecule has 2 amide bonds. The molecular formula is C21H28ClN3O2. The van der Waals surface area contributed by atoms with Gasteiger partial charge in [-0.15, -0.1) is 0 Å². The third kappa shape index (κ3) is 3.85. The fraction of sp³-hybridized carbons (Fsp3) is 0.619. The minimum atomic E-state index is -0.866. The highest BCUT2D eigenvalue weighted by Crippen LogP contribution is 2.47. The lowest BCUT2D eigenvalue weighted by Crippen LogP contribution is -2.47. The molecule has 27 heavy (non-hydrogen) atoms. The van der Waals surface area contributed by atoms with Crippen LogP contribution in [0.2, 0.25) is 5.02 Å². The lowest BCUT2D eigenvalue weighted by molar-refractivity contribution is -0.144. The second-order valence-electron chi connectivity index (χ2n) is 8.49. The zero-order valence-corrected chi connectivity index (χ0v) is 16.5. The summed E-state index contributed by atoms with van der Waals surface area (Å²) in [6.45, 7) is 4.79. The van der Waals surface area contributed by atoms with Crippen LogP contribution in [0.5, 0.6) is 0 Å². The lowest BCUT2D eigenvalue weighted by atomic mass is 9.83. The molecule has 0 spiro atoms. The molecule has 1 aromatic rings. The summed E-state index contributed by atoms with van der Waals surface area (Å²) < 4.78 is 0. The van der Waals surface area contributed by atoms with Crippen LogP contribution in [-0.2, 0) is 16.1 Å². The van der Waals surface area contributed by atoms with Crippen LogP contribution in [0.1, 0.15) is 37.7 Å². The Kier molecular flexibility index (Phi) is 5.17. The van der Waals surface area contributed by atoms with Crippen LogP contribution in [0.15, 0.2) is 24.3 Å². The zero-order valence-electron chi connectivity index (χ0n) is 15.7. The molecule has 2 N–H and O–H groups in total. The van der Waals surface area contributed by atoms with Gasteiger partial charge in [-0.2, -0.15) is 0 Å². The molecule has 2 aliphatic heterocycles. The minimum absolute atomic E-state index is 0.0239. The highest BCUT2D eigenvalue weighted by molar-refractivity contribution is 6.30. The molecule has 3 aliphatic rings. The van der Waals surface area contributed by atoms with Gasteiger partial charge in [-0.3, -0.25) is 14.5 Å². The van der Waals surface area contributed by atoms with Crippen molar-refractivity contribution < 1.29 is 9.59 Å². The normalized spacial score (nSPS) is 25.5. The molecule has 146 valence electrons. The number of piperidine rings is 1. The van der Waals surface area contributed by atoms with Gasteiger partial charge in [0.15, 0.2) is 0 Å². The number of hydrogen-bond donors (Lipinski definition) is 1. The molecular weight excluding hydrogens is 362 g/mol. The maximum atomic E-state index is 12.6. The third-order valence-corrected chi connectivity index (χ3v) is 7.00. The summed E-state index contributed by atoms with van der Waals surface area (Å²) in [7, 11) is 0. The highest BCUT2D eigenvalue weighted by Gasteiger charge is 2.57. The molecule has 2 saturated heterocycles. The molecule has 6 heteroatoms. The van der Waals surface area contributed by atoms with Crippen molar-refractivity contribution in [2.45, 2.75) is 38.6 Å². The predicted octanol–water partition coefficient (Wildman–Crippen LogP) is 2.67. The maximum Gasteiger partial charge on any atom is 0.238 e. The van der Waals surface area contributed by atoms with E-state index >= 15 is 0 Å². The van der Waals surface area contributed by atoms with Gasteiger partial charge >= 0.3 is 0 Å². The number of halogens is 1. The van der Waals surface area contributed by atoms with E-state index in [1.165, 1.54) is 12.0 Å². The van der Waals surface area contributed by atoms with Crippen LogP contribution < -0.4 is 5.73 Å². The molecule has 1 aliphatic carbocycles. The number of benzene rings is 1. The SMILES string of the molecule is NC(=O)C1(C(=O)N2CCC(C3CCN(Cc4ccc(Cl)cc4)C3)CC2)CC1. The minimum Gasteiger partial charge on any atom is -0.369 e. The summed E-state index contributed by atoms with van der Waals surface area (Å²) in [5.41, 5.74) is 5.90. The molecule has 1 aromatic carbocycles. The van der Waals surface area contributed by atoms with Crippen molar-refractivity contribution in [3.63, 3.8) is 0 Å². The summed E-state index contributed by atoms with van der Waals surface area (Å²) in [4.78, 5) is 28.7. The number of rotatable bonds is 5. The lowest BCUT2D eigenvalue weighted by Gasteiger charge is -2.36. The van der Waals surface area contributed by atoms with E-state index in [1.807, 2.05) is 17.0 Å². The quantitative estimate of drug-likeness (QED) is 0.787. The number of amides is 2. The number of nitrogens with zero attached hydrogens (tertiary/aromatic N) is 2. The second kappa shape index (κ2) is 7.44. The molecule has 2 heterocycles. The molecule has 0 aromatic heterocycles. The van der Waals surface area contributed by atoms with Crippen molar-refractivity contribution in [1.29, 1.82) is 0 Å². The Balaban J connectivity index is 1.26. The third-order valence-electron chi connectivity index (χ3n) is 6.75. The van der Waals surface area contributed by atoms with Gasteiger partial charge in [0.1, 0.15) is 5.41 Å². The Bertz CT molecular complexity index is 709. The first-order valence-electron chi connectivity index (χ1n) is 10.0. The fourth-order valence-electron chi connectivity index (χ4n) is 4.81. The van der Waals surface area contributed by atoms with Gasteiger partial charge in [-0.1, -0.05) is 23.7 Å². The Morgan fingerprint density at radius 1 is 1.04 bits per heavy atom. The van der Waals surface area contributed by atoms with E-state index in [0.29, 0.717) is 24.7 Å². The number of carbonyl (C=O) groups excluding carboxylic acids is 2. The fourth-order valence-corrected chi connectivity index (χ4v) is 4.93. The van der Waals surface area contributed by atoms with Crippen molar-refractivity contribution in [3.8, 4) is 0 Å². The van der Waals surface area contributed by atoms with Gasteiger partial charge in [0.05, 0.1) is 0 Å². The number of carbonyl (C=O) groups is 2. The van der Waals surface area contributed by atoms with Crippen molar-refractivity contribution in [2.24, 2.45) is 23.0 Å². The Labute approximate surface area is 165 Å². The average Bonchev–Trinajstić information content (AvgIpc) is 3.37.